The number of amides is 1. The normalized spacial score (nSPS) is 11.5. The summed E-state index contributed by atoms with van der Waals surface area (Å²) in [7, 11) is 1.93. The van der Waals surface area contributed by atoms with E-state index in [4.69, 9.17) is 0 Å². The number of H-pyrrole nitrogens is 1. The van der Waals surface area contributed by atoms with Crippen LogP contribution >= 0.6 is 11.8 Å². The third kappa shape index (κ3) is 5.22. The first-order valence-electron chi connectivity index (χ1n) is 11.4. The van der Waals surface area contributed by atoms with E-state index in [1.165, 1.54) is 16.3 Å². The molecule has 4 aromatic rings. The molecule has 4 rings (SSSR count). The molecular formula is C25H28N6O3S. The van der Waals surface area contributed by atoms with E-state index in [0.717, 1.165) is 10.1 Å². The Labute approximate surface area is 206 Å². The molecule has 0 bridgehead atoms. The topological polar surface area (TPSA) is 115 Å². The lowest BCUT2D eigenvalue weighted by molar-refractivity contribution is 0.102. The number of hydrogen-bond donors (Lipinski definition) is 2. The average Bonchev–Trinajstić information content (AvgIpc) is 3.21. The molecule has 182 valence electrons. The first-order valence-corrected chi connectivity index (χ1v) is 12.2. The Bertz CT molecular complexity index is 1500. The Morgan fingerprint density at radius 3 is 2.46 bits per heavy atom. The molecule has 0 aliphatic heterocycles. The molecule has 1 amide bonds. The van der Waals surface area contributed by atoms with Gasteiger partial charge in [-0.05, 0) is 42.2 Å². The highest BCUT2D eigenvalue weighted by Gasteiger charge is 2.21. The zero-order chi connectivity index (χ0) is 25.3. The third-order valence-electron chi connectivity index (χ3n) is 5.45. The lowest BCUT2D eigenvalue weighted by Crippen LogP contribution is -2.33. The van der Waals surface area contributed by atoms with Gasteiger partial charge in [-0.25, -0.2) is 14.8 Å². The molecule has 0 aliphatic carbocycles. The van der Waals surface area contributed by atoms with Gasteiger partial charge in [-0.1, -0.05) is 39.5 Å². The summed E-state index contributed by atoms with van der Waals surface area (Å²) in [6.07, 6.45) is 3.62. The second-order valence-electron chi connectivity index (χ2n) is 9.11. The van der Waals surface area contributed by atoms with E-state index < -0.39 is 17.2 Å². The number of nitrogens with one attached hydrogen (secondary N) is 2. The van der Waals surface area contributed by atoms with Crippen LogP contribution in [0.3, 0.4) is 0 Å². The first kappa shape index (κ1) is 24.5. The highest BCUT2D eigenvalue weighted by atomic mass is 32.2. The number of hydrogen-bond acceptors (Lipinski definition) is 6. The Hall–Kier alpha value is -3.66. The Morgan fingerprint density at radius 1 is 1.14 bits per heavy atom. The average molecular weight is 493 g/mol. The number of rotatable bonds is 7. The van der Waals surface area contributed by atoms with Crippen molar-refractivity contribution in [2.45, 2.75) is 50.2 Å². The van der Waals surface area contributed by atoms with Crippen LogP contribution in [0.1, 0.15) is 49.7 Å². The second-order valence-corrected chi connectivity index (χ2v) is 10.2. The molecule has 1 aromatic carbocycles. The van der Waals surface area contributed by atoms with Gasteiger partial charge in [0.15, 0.2) is 10.8 Å². The fourth-order valence-electron chi connectivity index (χ4n) is 3.66. The number of nitrogens with zero attached hydrogens (tertiary/aromatic N) is 4. The zero-order valence-corrected chi connectivity index (χ0v) is 21.1. The minimum atomic E-state index is -0.625. The molecule has 2 N–H and O–H groups in total. The van der Waals surface area contributed by atoms with Crippen LogP contribution in [0.2, 0.25) is 0 Å². The molecule has 0 atom stereocenters. The largest absolute Gasteiger partial charge is 0.330 e. The predicted molar refractivity (Wildman–Crippen MR) is 137 cm³/mol. The zero-order valence-electron chi connectivity index (χ0n) is 20.3. The lowest BCUT2D eigenvalue weighted by atomic mass is 10.0. The fraction of sp³-hybridized carbons (Fsp3) is 0.320. The monoisotopic (exact) mass is 492 g/mol. The Morgan fingerprint density at radius 2 is 1.86 bits per heavy atom. The minimum absolute atomic E-state index is 0.00438. The van der Waals surface area contributed by atoms with E-state index in [1.54, 1.807) is 24.4 Å². The van der Waals surface area contributed by atoms with E-state index in [-0.39, 0.29) is 28.4 Å². The van der Waals surface area contributed by atoms with Crippen molar-refractivity contribution in [1.29, 1.82) is 0 Å². The van der Waals surface area contributed by atoms with Crippen LogP contribution in [0.5, 0.6) is 0 Å². The van der Waals surface area contributed by atoms with Gasteiger partial charge in [0.1, 0.15) is 0 Å². The SMILES string of the molecule is CC(C)Cn1c(=O)[nH]c(=O)c2c(C(=O)Nc3ccc(Sc4nccn4C)cc3)cc(C(C)C)nc21. The first-order chi connectivity index (χ1) is 16.6. The number of aromatic nitrogens is 5. The second kappa shape index (κ2) is 9.91. The number of anilines is 1. The van der Waals surface area contributed by atoms with Gasteiger partial charge in [-0.3, -0.25) is 19.1 Å². The lowest BCUT2D eigenvalue weighted by Gasteiger charge is -2.16. The summed E-state index contributed by atoms with van der Waals surface area (Å²) in [5, 5.41) is 3.84. The van der Waals surface area contributed by atoms with Gasteiger partial charge in [-0.15, -0.1) is 0 Å². The molecule has 10 heteroatoms. The number of aryl methyl sites for hydroxylation is 1. The molecule has 0 aliphatic rings. The smallest absolute Gasteiger partial charge is 0.329 e. The van der Waals surface area contributed by atoms with Gasteiger partial charge in [-0.2, -0.15) is 0 Å². The van der Waals surface area contributed by atoms with Gasteiger partial charge < -0.3 is 9.88 Å². The summed E-state index contributed by atoms with van der Waals surface area (Å²) in [6.45, 7) is 8.22. The summed E-state index contributed by atoms with van der Waals surface area (Å²) >= 11 is 1.51. The van der Waals surface area contributed by atoms with Crippen molar-refractivity contribution in [2.24, 2.45) is 13.0 Å². The van der Waals surface area contributed by atoms with Crippen LogP contribution in [0.25, 0.3) is 11.0 Å². The molecule has 3 heterocycles. The molecular weight excluding hydrogens is 464 g/mol. The van der Waals surface area contributed by atoms with Gasteiger partial charge in [0.25, 0.3) is 11.5 Å². The van der Waals surface area contributed by atoms with Gasteiger partial charge in [0, 0.05) is 42.3 Å². The molecule has 0 spiro atoms. The van der Waals surface area contributed by atoms with Crippen LogP contribution in [0.15, 0.2) is 62.4 Å². The Kier molecular flexibility index (Phi) is 6.93. The molecule has 3 aromatic heterocycles. The van der Waals surface area contributed by atoms with Gasteiger partial charge >= 0.3 is 5.69 Å². The number of benzene rings is 1. The molecule has 35 heavy (non-hydrogen) atoms. The van der Waals surface area contributed by atoms with Crippen molar-refractivity contribution in [3.05, 3.63) is 74.8 Å². The molecule has 0 fully saturated rings. The Balaban J connectivity index is 1.72. The number of carbonyl (C=O) groups excluding carboxylic acids is 1. The van der Waals surface area contributed by atoms with E-state index in [0.29, 0.717) is 17.9 Å². The molecule has 0 saturated carbocycles. The standard InChI is InChI=1S/C25H28N6O3S/c1-14(2)13-31-21-20(23(33)29-24(31)34)18(12-19(28-21)15(3)4)22(32)27-16-6-8-17(9-7-16)35-25-26-10-11-30(25)5/h6-12,14-15H,13H2,1-5H3,(H,27,32)(H,29,33,34). The number of aromatic amines is 1. The van der Waals surface area contributed by atoms with Crippen molar-refractivity contribution < 1.29 is 4.79 Å². The maximum absolute atomic E-state index is 13.4. The van der Waals surface area contributed by atoms with E-state index in [1.807, 2.05) is 57.6 Å². The molecule has 0 saturated heterocycles. The van der Waals surface area contributed by atoms with E-state index in [9.17, 15) is 14.4 Å². The molecule has 9 nitrogen and oxygen atoms in total. The maximum Gasteiger partial charge on any atom is 0.330 e. The predicted octanol–water partition coefficient (Wildman–Crippen LogP) is 4.00. The van der Waals surface area contributed by atoms with Crippen molar-refractivity contribution in [3.8, 4) is 0 Å². The number of carbonyl (C=O) groups is 1. The number of fused-ring (bicyclic) bond motifs is 1. The summed E-state index contributed by atoms with van der Waals surface area (Å²) in [6, 6.07) is 9.02. The molecule has 0 unspecified atom stereocenters. The van der Waals surface area contributed by atoms with Crippen molar-refractivity contribution in [1.82, 2.24) is 24.1 Å². The summed E-state index contributed by atoms with van der Waals surface area (Å²) in [5.74, 6) is -0.301. The third-order valence-corrected chi connectivity index (χ3v) is 6.53. The van der Waals surface area contributed by atoms with E-state index >= 15 is 0 Å². The highest BCUT2D eigenvalue weighted by molar-refractivity contribution is 7.99. The quantitative estimate of drug-likeness (QED) is 0.403. The fourth-order valence-corrected chi connectivity index (χ4v) is 4.46. The summed E-state index contributed by atoms with van der Waals surface area (Å²) in [5.41, 5.74) is 0.472. The number of imidazole rings is 1. The van der Waals surface area contributed by atoms with Crippen LogP contribution in [0.4, 0.5) is 5.69 Å². The maximum atomic E-state index is 13.4. The van der Waals surface area contributed by atoms with Crippen molar-refractivity contribution in [2.75, 3.05) is 5.32 Å². The number of pyridine rings is 1. The van der Waals surface area contributed by atoms with Crippen molar-refractivity contribution in [3.63, 3.8) is 0 Å². The summed E-state index contributed by atoms with van der Waals surface area (Å²) < 4.78 is 3.37. The van der Waals surface area contributed by atoms with Crippen molar-refractivity contribution >= 4 is 34.4 Å². The minimum Gasteiger partial charge on any atom is -0.329 e. The van der Waals surface area contributed by atoms with Gasteiger partial charge in [0.2, 0.25) is 0 Å². The van der Waals surface area contributed by atoms with Crippen LogP contribution in [-0.2, 0) is 13.6 Å². The van der Waals surface area contributed by atoms with Crippen LogP contribution in [-0.4, -0.2) is 30.0 Å². The van der Waals surface area contributed by atoms with Crippen LogP contribution < -0.4 is 16.6 Å². The summed E-state index contributed by atoms with van der Waals surface area (Å²) in [4.78, 5) is 51.0. The van der Waals surface area contributed by atoms with E-state index in [2.05, 4.69) is 20.3 Å². The van der Waals surface area contributed by atoms with Crippen LogP contribution in [0, 0.1) is 5.92 Å². The van der Waals surface area contributed by atoms with Gasteiger partial charge in [0.05, 0.1) is 10.9 Å². The highest BCUT2D eigenvalue weighted by Crippen LogP contribution is 2.27. The molecule has 0 radical (unpaired) electrons.